The molecule has 4 rings (SSSR count). The fraction of sp³-hybridized carbons (Fsp3) is 0.316. The second-order valence-corrected chi connectivity index (χ2v) is 6.65. The number of rotatable bonds is 3. The van der Waals surface area contributed by atoms with Crippen molar-refractivity contribution in [3.8, 4) is 11.5 Å². The first-order chi connectivity index (χ1) is 12.2. The van der Waals surface area contributed by atoms with Gasteiger partial charge in [-0.15, -0.1) is 0 Å². The van der Waals surface area contributed by atoms with Crippen molar-refractivity contribution < 1.29 is 14.3 Å². The highest BCUT2D eigenvalue weighted by molar-refractivity contribution is 6.32. The molecule has 2 aromatic rings. The van der Waals surface area contributed by atoms with E-state index in [0.717, 1.165) is 19.6 Å². The van der Waals surface area contributed by atoms with Crippen LogP contribution in [0.1, 0.15) is 15.9 Å². The van der Waals surface area contributed by atoms with Crippen LogP contribution >= 0.6 is 11.6 Å². The average molecular weight is 359 g/mol. The lowest BCUT2D eigenvalue weighted by molar-refractivity contribution is 0.0628. The normalized spacial score (nSPS) is 16.9. The van der Waals surface area contributed by atoms with Gasteiger partial charge in [0.1, 0.15) is 0 Å². The van der Waals surface area contributed by atoms with Crippen molar-refractivity contribution in [2.45, 2.75) is 6.54 Å². The summed E-state index contributed by atoms with van der Waals surface area (Å²) in [4.78, 5) is 17.0. The number of benzene rings is 2. The summed E-state index contributed by atoms with van der Waals surface area (Å²) in [6.07, 6.45) is 0. The summed E-state index contributed by atoms with van der Waals surface area (Å²) in [5.41, 5.74) is 1.84. The van der Waals surface area contributed by atoms with E-state index in [1.165, 1.54) is 5.56 Å². The van der Waals surface area contributed by atoms with Crippen LogP contribution in [0.4, 0.5) is 0 Å². The number of fused-ring (bicyclic) bond motifs is 1. The summed E-state index contributed by atoms with van der Waals surface area (Å²) < 4.78 is 10.6. The molecule has 2 aliphatic heterocycles. The van der Waals surface area contributed by atoms with Gasteiger partial charge < -0.3 is 14.4 Å². The predicted molar refractivity (Wildman–Crippen MR) is 95.2 cm³/mol. The molecule has 6 heteroatoms. The molecule has 1 amide bonds. The van der Waals surface area contributed by atoms with Gasteiger partial charge in [-0.3, -0.25) is 9.69 Å². The molecule has 0 aliphatic carbocycles. The van der Waals surface area contributed by atoms with Crippen LogP contribution in [0.5, 0.6) is 11.5 Å². The highest BCUT2D eigenvalue weighted by Gasteiger charge is 2.25. The van der Waals surface area contributed by atoms with Crippen molar-refractivity contribution in [1.82, 2.24) is 9.80 Å². The van der Waals surface area contributed by atoms with Crippen molar-refractivity contribution in [3.05, 3.63) is 58.6 Å². The van der Waals surface area contributed by atoms with Crippen LogP contribution in [0.15, 0.2) is 42.5 Å². The molecule has 0 N–H and O–H groups in total. The van der Waals surface area contributed by atoms with Crippen LogP contribution < -0.4 is 9.47 Å². The number of amides is 1. The quantitative estimate of drug-likeness (QED) is 0.845. The Morgan fingerprint density at radius 3 is 2.56 bits per heavy atom. The van der Waals surface area contributed by atoms with Crippen LogP contribution in [-0.4, -0.2) is 48.7 Å². The number of carbonyl (C=O) groups is 1. The second-order valence-electron chi connectivity index (χ2n) is 6.25. The van der Waals surface area contributed by atoms with Crippen molar-refractivity contribution in [2.24, 2.45) is 0 Å². The molecular weight excluding hydrogens is 340 g/mol. The van der Waals surface area contributed by atoms with E-state index in [9.17, 15) is 4.79 Å². The highest BCUT2D eigenvalue weighted by Crippen LogP contribution is 2.40. The maximum Gasteiger partial charge on any atom is 0.254 e. The molecule has 1 saturated heterocycles. The number of hydrogen-bond acceptors (Lipinski definition) is 4. The van der Waals surface area contributed by atoms with E-state index >= 15 is 0 Å². The first-order valence-corrected chi connectivity index (χ1v) is 8.73. The number of halogens is 1. The van der Waals surface area contributed by atoms with E-state index in [4.69, 9.17) is 21.1 Å². The summed E-state index contributed by atoms with van der Waals surface area (Å²) >= 11 is 6.19. The van der Waals surface area contributed by atoms with Gasteiger partial charge in [0.2, 0.25) is 6.79 Å². The SMILES string of the molecule is O=C(c1cc(Cl)c2c(c1)OCO2)N1CCN(Cc2ccccc2)CC1. The van der Waals surface area contributed by atoms with Gasteiger partial charge in [0.25, 0.3) is 5.91 Å². The first-order valence-electron chi connectivity index (χ1n) is 8.35. The van der Waals surface area contributed by atoms with E-state index in [0.29, 0.717) is 35.2 Å². The molecule has 0 atom stereocenters. The molecule has 0 bridgehead atoms. The number of carbonyl (C=O) groups excluding carboxylic acids is 1. The van der Waals surface area contributed by atoms with Crippen LogP contribution in [0.25, 0.3) is 0 Å². The summed E-state index contributed by atoms with van der Waals surface area (Å²) in [6, 6.07) is 13.8. The van der Waals surface area contributed by atoms with Gasteiger partial charge in [-0.1, -0.05) is 41.9 Å². The van der Waals surface area contributed by atoms with Crippen molar-refractivity contribution in [1.29, 1.82) is 0 Å². The Hall–Kier alpha value is -2.24. The smallest absolute Gasteiger partial charge is 0.254 e. The van der Waals surface area contributed by atoms with Gasteiger partial charge in [-0.2, -0.15) is 0 Å². The number of ether oxygens (including phenoxy) is 2. The van der Waals surface area contributed by atoms with Gasteiger partial charge in [-0.25, -0.2) is 0 Å². The molecule has 2 aromatic carbocycles. The molecule has 1 fully saturated rings. The van der Waals surface area contributed by atoms with Gasteiger partial charge in [0, 0.05) is 38.3 Å². The Labute approximate surface area is 151 Å². The number of nitrogens with zero attached hydrogens (tertiary/aromatic N) is 2. The minimum absolute atomic E-state index is 0.0143. The lowest BCUT2D eigenvalue weighted by atomic mass is 10.1. The zero-order valence-electron chi connectivity index (χ0n) is 13.8. The molecule has 25 heavy (non-hydrogen) atoms. The summed E-state index contributed by atoms with van der Waals surface area (Å²) in [5, 5.41) is 0.418. The highest BCUT2D eigenvalue weighted by atomic mass is 35.5. The molecule has 2 aliphatic rings. The largest absolute Gasteiger partial charge is 0.454 e. The zero-order chi connectivity index (χ0) is 17.2. The fourth-order valence-corrected chi connectivity index (χ4v) is 3.49. The predicted octanol–water partition coefficient (Wildman–Crippen LogP) is 3.03. The second kappa shape index (κ2) is 6.94. The lowest BCUT2D eigenvalue weighted by Gasteiger charge is -2.34. The van der Waals surface area contributed by atoms with Crippen LogP contribution in [0.2, 0.25) is 5.02 Å². The molecular formula is C19H19ClN2O3. The lowest BCUT2D eigenvalue weighted by Crippen LogP contribution is -2.48. The fourth-order valence-electron chi connectivity index (χ4n) is 3.22. The molecule has 0 spiro atoms. The molecule has 5 nitrogen and oxygen atoms in total. The number of piperazine rings is 1. The standard InChI is InChI=1S/C19H19ClN2O3/c20-16-10-15(11-17-18(16)25-13-24-17)19(23)22-8-6-21(7-9-22)12-14-4-2-1-3-5-14/h1-5,10-11H,6-9,12-13H2. The van der Waals surface area contributed by atoms with E-state index in [1.807, 2.05) is 11.0 Å². The topological polar surface area (TPSA) is 42.0 Å². The molecule has 0 unspecified atom stereocenters. The monoisotopic (exact) mass is 358 g/mol. The molecule has 2 heterocycles. The van der Waals surface area contributed by atoms with Crippen molar-refractivity contribution in [2.75, 3.05) is 33.0 Å². The Balaban J connectivity index is 1.39. The van der Waals surface area contributed by atoms with E-state index in [-0.39, 0.29) is 12.7 Å². The molecule has 0 aromatic heterocycles. The first kappa shape index (κ1) is 16.2. The minimum Gasteiger partial charge on any atom is -0.454 e. The van der Waals surface area contributed by atoms with Crippen molar-refractivity contribution in [3.63, 3.8) is 0 Å². The van der Waals surface area contributed by atoms with Crippen LogP contribution in [0, 0.1) is 0 Å². The molecule has 130 valence electrons. The third-order valence-corrected chi connectivity index (χ3v) is 4.86. The van der Waals surface area contributed by atoms with E-state index in [2.05, 4.69) is 29.2 Å². The van der Waals surface area contributed by atoms with E-state index in [1.54, 1.807) is 12.1 Å². The third-order valence-electron chi connectivity index (χ3n) is 4.58. The van der Waals surface area contributed by atoms with Crippen LogP contribution in [-0.2, 0) is 6.54 Å². The minimum atomic E-state index is -0.0143. The van der Waals surface area contributed by atoms with Gasteiger partial charge >= 0.3 is 0 Å². The Morgan fingerprint density at radius 2 is 1.80 bits per heavy atom. The van der Waals surface area contributed by atoms with E-state index < -0.39 is 0 Å². The number of hydrogen-bond donors (Lipinski definition) is 0. The third kappa shape index (κ3) is 3.43. The Kier molecular flexibility index (Phi) is 4.51. The van der Waals surface area contributed by atoms with Crippen molar-refractivity contribution >= 4 is 17.5 Å². The van der Waals surface area contributed by atoms with Gasteiger partial charge in [0.05, 0.1) is 5.02 Å². The molecule has 0 saturated carbocycles. The zero-order valence-corrected chi connectivity index (χ0v) is 14.5. The van der Waals surface area contributed by atoms with Gasteiger partial charge in [0.15, 0.2) is 11.5 Å². The maximum absolute atomic E-state index is 12.8. The molecule has 0 radical (unpaired) electrons. The van der Waals surface area contributed by atoms with Crippen LogP contribution in [0.3, 0.4) is 0 Å². The Bertz CT molecular complexity index is 774. The summed E-state index contributed by atoms with van der Waals surface area (Å²) in [7, 11) is 0. The summed E-state index contributed by atoms with van der Waals surface area (Å²) in [5.74, 6) is 1.05. The maximum atomic E-state index is 12.8. The summed E-state index contributed by atoms with van der Waals surface area (Å²) in [6.45, 7) is 4.19. The Morgan fingerprint density at radius 1 is 1.04 bits per heavy atom. The van der Waals surface area contributed by atoms with Gasteiger partial charge in [-0.05, 0) is 17.7 Å². The average Bonchev–Trinajstić information content (AvgIpc) is 3.12.